The molecule has 0 atom stereocenters. The molecule has 0 saturated carbocycles. The van der Waals surface area contributed by atoms with Gasteiger partial charge in [-0.15, -0.1) is 0 Å². The summed E-state index contributed by atoms with van der Waals surface area (Å²) in [5, 5.41) is 0. The van der Waals surface area contributed by atoms with Crippen molar-refractivity contribution in [2.45, 2.75) is 20.8 Å². The molecular weight excluding hydrogens is 244 g/mol. The Balaban J connectivity index is 2.36. The molecule has 0 radical (unpaired) electrons. The van der Waals surface area contributed by atoms with Gasteiger partial charge in [-0.1, -0.05) is 36.4 Å². The summed E-state index contributed by atoms with van der Waals surface area (Å²) in [7, 11) is 0. The number of aromatic nitrogens is 2. The van der Waals surface area contributed by atoms with E-state index in [1.54, 1.807) is 0 Å². The van der Waals surface area contributed by atoms with Gasteiger partial charge in [-0.2, -0.15) is 4.57 Å². The third-order valence-electron chi connectivity index (χ3n) is 3.73. The number of aromatic amines is 1. The lowest BCUT2D eigenvalue weighted by Gasteiger charge is -2.05. The van der Waals surface area contributed by atoms with Crippen LogP contribution in [0, 0.1) is 20.8 Å². The van der Waals surface area contributed by atoms with E-state index in [2.05, 4.69) is 30.5 Å². The van der Waals surface area contributed by atoms with Gasteiger partial charge in [0.25, 0.3) is 5.82 Å². The molecule has 0 aliphatic heterocycles. The highest BCUT2D eigenvalue weighted by Crippen LogP contribution is 2.19. The minimum atomic E-state index is 0.889. The van der Waals surface area contributed by atoms with Crippen molar-refractivity contribution >= 4 is 0 Å². The second kappa shape index (κ2) is 4.97. The summed E-state index contributed by atoms with van der Waals surface area (Å²) >= 11 is 0. The van der Waals surface area contributed by atoms with Gasteiger partial charge < -0.3 is 0 Å². The highest BCUT2D eigenvalue weighted by Gasteiger charge is 2.23. The first-order valence-corrected chi connectivity index (χ1v) is 6.86. The molecule has 1 heterocycles. The molecule has 2 aromatic carbocycles. The summed E-state index contributed by atoms with van der Waals surface area (Å²) in [6.07, 6.45) is 0. The minimum Gasteiger partial charge on any atom is -0.240 e. The van der Waals surface area contributed by atoms with Crippen LogP contribution in [0.4, 0.5) is 0 Å². The number of H-pyrrole nitrogens is 1. The van der Waals surface area contributed by atoms with Crippen LogP contribution in [-0.4, -0.2) is 4.98 Å². The number of nitrogens with zero attached hydrogens (tertiary/aromatic N) is 1. The highest BCUT2D eigenvalue weighted by molar-refractivity contribution is 5.53. The third kappa shape index (κ3) is 2.03. The molecule has 20 heavy (non-hydrogen) atoms. The first-order valence-electron chi connectivity index (χ1n) is 7.30. The number of imidazole rings is 1. The Morgan fingerprint density at radius 3 is 2.25 bits per heavy atom. The van der Waals surface area contributed by atoms with E-state index in [1.165, 1.54) is 10.5 Å². The summed E-state index contributed by atoms with van der Waals surface area (Å²) in [6, 6.07) is 18.4. The van der Waals surface area contributed by atoms with Gasteiger partial charge in [-0.3, -0.25) is 0 Å². The molecule has 0 amide bonds. The van der Waals surface area contributed by atoms with E-state index in [9.17, 15) is 0 Å². The van der Waals surface area contributed by atoms with Crippen LogP contribution < -0.4 is 4.57 Å². The van der Waals surface area contributed by atoms with E-state index in [0.717, 1.165) is 28.5 Å². The summed E-state index contributed by atoms with van der Waals surface area (Å²) in [5.74, 6) is 0.889. The standard InChI is InChI=1S/C18H18N2/c1-13-9-7-8-12-17(13)20-15(3)14(2)19-18(20)16-10-5-4-6-11-16/h4-12H,1-3H3/p+1/i/hD. The highest BCUT2D eigenvalue weighted by atomic mass is 15.1. The van der Waals surface area contributed by atoms with Gasteiger partial charge in [-0.05, 0) is 30.7 Å². The van der Waals surface area contributed by atoms with Crippen LogP contribution in [0.3, 0.4) is 0 Å². The van der Waals surface area contributed by atoms with Crippen LogP contribution in [0.1, 0.15) is 17.0 Å². The van der Waals surface area contributed by atoms with Crippen LogP contribution >= 0.6 is 0 Å². The van der Waals surface area contributed by atoms with Gasteiger partial charge in [0.2, 0.25) is 0 Å². The number of hydrogen-bond donors (Lipinski definition) is 1. The molecule has 2 heteroatoms. The zero-order valence-electron chi connectivity index (χ0n) is 13.1. The van der Waals surface area contributed by atoms with Gasteiger partial charge >= 0.3 is 1.41 Å². The molecule has 3 rings (SSSR count). The maximum atomic E-state index is 8.41. The second-order valence-corrected chi connectivity index (χ2v) is 5.09. The van der Waals surface area contributed by atoms with Crippen molar-refractivity contribution in [3.8, 4) is 17.1 Å². The van der Waals surface area contributed by atoms with Crippen LogP contribution in [0.15, 0.2) is 54.6 Å². The van der Waals surface area contributed by atoms with Crippen molar-refractivity contribution in [3.05, 3.63) is 71.5 Å². The maximum Gasteiger partial charge on any atom is 0.312 e. The normalized spacial score (nSPS) is 11.4. The minimum absolute atomic E-state index is 0.889. The molecular formula is C18H19N2+. The smallest absolute Gasteiger partial charge is 0.240 e. The van der Waals surface area contributed by atoms with E-state index in [1.807, 2.05) is 49.4 Å². The molecule has 3 aromatic rings. The average Bonchev–Trinajstić information content (AvgIpc) is 2.73. The molecule has 0 bridgehead atoms. The molecule has 0 aliphatic carbocycles. The number of benzene rings is 2. The number of nitrogens with one attached hydrogen (secondary N) is 1. The SMILES string of the molecule is [2H]n1c(C)c(C)[n+](-c2ccccc2C)c1-c1ccccc1. The predicted octanol–water partition coefficient (Wildman–Crippen LogP) is 3.88. The molecule has 2 nitrogen and oxygen atoms in total. The number of aryl methyl sites for hydroxylation is 1. The Hall–Kier alpha value is -2.35. The molecule has 1 N–H and O–H groups in total. The van der Waals surface area contributed by atoms with E-state index in [-0.39, 0.29) is 0 Å². The van der Waals surface area contributed by atoms with Crippen LogP contribution in [0.25, 0.3) is 17.1 Å². The molecule has 100 valence electrons. The fourth-order valence-electron chi connectivity index (χ4n) is 2.50. The Morgan fingerprint density at radius 2 is 1.55 bits per heavy atom. The van der Waals surface area contributed by atoms with Gasteiger partial charge in [-0.25, -0.2) is 4.98 Å². The Morgan fingerprint density at radius 1 is 0.900 bits per heavy atom. The van der Waals surface area contributed by atoms with Crippen LogP contribution in [0.2, 0.25) is 1.41 Å². The zero-order chi connectivity index (χ0) is 15.0. The van der Waals surface area contributed by atoms with Gasteiger partial charge in [0.15, 0.2) is 0 Å². The quantitative estimate of drug-likeness (QED) is 0.678. The Bertz CT molecular complexity index is 788. The van der Waals surface area contributed by atoms with E-state index >= 15 is 0 Å². The molecule has 0 aliphatic rings. The van der Waals surface area contributed by atoms with E-state index < -0.39 is 0 Å². The largest absolute Gasteiger partial charge is 0.312 e. The first-order chi connectivity index (χ1) is 10.1. The van der Waals surface area contributed by atoms with Crippen molar-refractivity contribution in [1.82, 2.24) is 4.98 Å². The lowest BCUT2D eigenvalue weighted by atomic mass is 10.1. The molecule has 0 unspecified atom stereocenters. The molecule has 0 saturated heterocycles. The van der Waals surface area contributed by atoms with Crippen molar-refractivity contribution in [2.75, 3.05) is 0 Å². The topological polar surface area (TPSA) is 19.7 Å². The van der Waals surface area contributed by atoms with Crippen molar-refractivity contribution in [2.24, 2.45) is 0 Å². The zero-order valence-corrected chi connectivity index (χ0v) is 12.1. The Labute approximate surface area is 121 Å². The Kier molecular flexibility index (Phi) is 2.85. The summed E-state index contributed by atoms with van der Waals surface area (Å²) < 4.78 is 10.6. The van der Waals surface area contributed by atoms with E-state index in [4.69, 9.17) is 1.41 Å². The van der Waals surface area contributed by atoms with Crippen molar-refractivity contribution in [3.63, 3.8) is 0 Å². The summed E-state index contributed by atoms with van der Waals surface area (Å²) in [4.78, 5) is 1.52. The number of rotatable bonds is 2. The lowest BCUT2D eigenvalue weighted by molar-refractivity contribution is -0.589. The molecule has 0 spiro atoms. The lowest BCUT2D eigenvalue weighted by Crippen LogP contribution is -2.35. The van der Waals surface area contributed by atoms with Gasteiger partial charge in [0, 0.05) is 13.8 Å². The second-order valence-electron chi connectivity index (χ2n) is 5.09. The molecule has 1 aromatic heterocycles. The van der Waals surface area contributed by atoms with Crippen LogP contribution in [0.5, 0.6) is 0 Å². The number of para-hydroxylation sites is 1. The van der Waals surface area contributed by atoms with Gasteiger partial charge in [0.05, 0.1) is 5.56 Å². The fourth-order valence-corrected chi connectivity index (χ4v) is 2.50. The molecule has 0 fully saturated rings. The van der Waals surface area contributed by atoms with E-state index in [0.29, 0.717) is 0 Å². The van der Waals surface area contributed by atoms with Gasteiger partial charge in [0.1, 0.15) is 17.1 Å². The summed E-state index contributed by atoms with van der Waals surface area (Å²) in [5.41, 5.74) is 5.43. The third-order valence-corrected chi connectivity index (χ3v) is 3.73. The maximum absolute atomic E-state index is 8.41. The fraction of sp³-hybridized carbons (Fsp3) is 0.167. The predicted molar refractivity (Wildman–Crippen MR) is 82.0 cm³/mol. The monoisotopic (exact) mass is 264 g/mol. The van der Waals surface area contributed by atoms with Crippen LogP contribution in [-0.2, 0) is 0 Å². The van der Waals surface area contributed by atoms with Crippen molar-refractivity contribution in [1.29, 1.82) is 0 Å². The first kappa shape index (κ1) is 11.5. The summed E-state index contributed by atoms with van der Waals surface area (Å²) in [6.45, 7) is 6.16. The average molecular weight is 264 g/mol. The van der Waals surface area contributed by atoms with Crippen molar-refractivity contribution < 1.29 is 5.98 Å². The number of hydrogen-bond acceptors (Lipinski definition) is 0.